The van der Waals surface area contributed by atoms with Crippen LogP contribution < -0.4 is 10.3 Å². The van der Waals surface area contributed by atoms with Gasteiger partial charge < -0.3 is 30.1 Å². The summed E-state index contributed by atoms with van der Waals surface area (Å²) in [5.74, 6) is -0.460. The standard InChI is InChI=1S/C22H31ClN7O8PS/c1-12-19(27-14-5-3-4-6-14)28-22(23)29-20(12)30(24-2)21-18(32)17(31)15(38-21)10-40(36,37)16(39(33,34)35)7-13-8-25-11-26-9-13/h8-9,11,14-18,21,31-32H,2-7,10H2,1H3,(H,27,28,29)(H2,33,34,35)/t15-,16?,17-,18-,21-/m1/s1. The highest BCUT2D eigenvalue weighted by atomic mass is 35.5. The van der Waals surface area contributed by atoms with E-state index in [4.69, 9.17) is 16.3 Å². The second-order valence-corrected chi connectivity index (χ2v) is 14.5. The maximum absolute atomic E-state index is 13.2. The Balaban J connectivity index is 1.57. The molecule has 5 atom stereocenters. The Kier molecular flexibility index (Phi) is 9.42. The number of aromatic nitrogens is 4. The molecule has 2 aliphatic rings. The molecule has 1 aliphatic carbocycles. The number of anilines is 2. The number of hydrazone groups is 1. The van der Waals surface area contributed by atoms with Crippen LogP contribution in [0.1, 0.15) is 36.8 Å². The molecule has 0 radical (unpaired) electrons. The Morgan fingerprint density at radius 2 is 1.88 bits per heavy atom. The quantitative estimate of drug-likeness (QED) is 0.101. The highest BCUT2D eigenvalue weighted by molar-refractivity contribution is 7.98. The molecular formula is C22H31ClN7O8PS. The highest BCUT2D eigenvalue weighted by Crippen LogP contribution is 2.46. The lowest BCUT2D eigenvalue weighted by Crippen LogP contribution is -2.42. The normalized spacial score (nSPS) is 24.6. The average molecular weight is 620 g/mol. The number of sulfone groups is 1. The number of halogens is 1. The molecule has 0 spiro atoms. The number of nitrogens with zero attached hydrogens (tertiary/aromatic N) is 6. The second-order valence-electron chi connectivity index (χ2n) is 9.77. The fourth-order valence-electron chi connectivity index (χ4n) is 4.87. The molecule has 2 fully saturated rings. The number of aliphatic hydroxyl groups is 2. The lowest BCUT2D eigenvalue weighted by Gasteiger charge is -2.28. The molecule has 15 nitrogen and oxygen atoms in total. The van der Waals surface area contributed by atoms with E-state index in [1.54, 1.807) is 6.92 Å². The third-order valence-electron chi connectivity index (χ3n) is 6.95. The summed E-state index contributed by atoms with van der Waals surface area (Å²) < 4.78 is 44.3. The van der Waals surface area contributed by atoms with Crippen molar-refractivity contribution in [3.63, 3.8) is 0 Å². The second kappa shape index (κ2) is 12.3. The van der Waals surface area contributed by atoms with Crippen LogP contribution in [-0.4, -0.2) is 96.4 Å². The molecule has 3 heterocycles. The number of ether oxygens (including phenoxy) is 1. The lowest BCUT2D eigenvalue weighted by molar-refractivity contribution is 0.0153. The van der Waals surface area contributed by atoms with E-state index in [0.717, 1.165) is 30.7 Å². The van der Waals surface area contributed by atoms with Crippen molar-refractivity contribution in [3.05, 3.63) is 35.1 Å². The summed E-state index contributed by atoms with van der Waals surface area (Å²) in [5, 5.41) is 29.7. The highest BCUT2D eigenvalue weighted by Gasteiger charge is 2.51. The van der Waals surface area contributed by atoms with Crippen LogP contribution in [0, 0.1) is 6.92 Å². The first-order valence-corrected chi connectivity index (χ1v) is 16.2. The van der Waals surface area contributed by atoms with E-state index in [-0.39, 0.29) is 22.7 Å². The van der Waals surface area contributed by atoms with Gasteiger partial charge >= 0.3 is 7.60 Å². The van der Waals surface area contributed by atoms with Crippen LogP contribution >= 0.6 is 19.2 Å². The van der Waals surface area contributed by atoms with E-state index in [0.29, 0.717) is 11.4 Å². The molecule has 1 unspecified atom stereocenters. The first-order chi connectivity index (χ1) is 18.8. The summed E-state index contributed by atoms with van der Waals surface area (Å²) in [7, 11) is -9.80. The summed E-state index contributed by atoms with van der Waals surface area (Å²) in [6.45, 7) is 5.19. The van der Waals surface area contributed by atoms with E-state index in [2.05, 4.69) is 37.1 Å². The van der Waals surface area contributed by atoms with Crippen LogP contribution in [0.25, 0.3) is 0 Å². The van der Waals surface area contributed by atoms with Crippen molar-refractivity contribution in [2.75, 3.05) is 16.1 Å². The van der Waals surface area contributed by atoms with Gasteiger partial charge in [0, 0.05) is 37.1 Å². The van der Waals surface area contributed by atoms with E-state index < -0.39 is 59.1 Å². The first kappa shape index (κ1) is 30.7. The molecular weight excluding hydrogens is 589 g/mol. The van der Waals surface area contributed by atoms with Crippen molar-refractivity contribution in [1.82, 2.24) is 19.9 Å². The Morgan fingerprint density at radius 1 is 1.23 bits per heavy atom. The van der Waals surface area contributed by atoms with E-state index in [1.165, 1.54) is 18.7 Å². The molecule has 40 heavy (non-hydrogen) atoms. The van der Waals surface area contributed by atoms with Crippen LogP contribution in [0.15, 0.2) is 23.8 Å². The smallest absolute Gasteiger partial charge is 0.343 e. The molecule has 5 N–H and O–H groups in total. The van der Waals surface area contributed by atoms with Gasteiger partial charge in [-0.15, -0.1) is 0 Å². The summed E-state index contributed by atoms with van der Waals surface area (Å²) in [5.41, 5.74) is 0.682. The fourth-order valence-corrected chi connectivity index (χ4v) is 8.82. The third-order valence-corrected chi connectivity index (χ3v) is 11.6. The van der Waals surface area contributed by atoms with Crippen LogP contribution in [-0.2, 0) is 25.6 Å². The first-order valence-electron chi connectivity index (χ1n) is 12.4. The maximum atomic E-state index is 13.2. The maximum Gasteiger partial charge on any atom is 0.343 e. The average Bonchev–Trinajstić information content (AvgIpc) is 3.49. The van der Waals surface area contributed by atoms with Gasteiger partial charge in [0.25, 0.3) is 0 Å². The predicted octanol–water partition coefficient (Wildman–Crippen LogP) is 0.613. The molecule has 2 aromatic heterocycles. The van der Waals surface area contributed by atoms with Crippen molar-refractivity contribution in [2.24, 2.45) is 5.10 Å². The SMILES string of the molecule is C=NN(c1nc(Cl)nc(NC2CCCC2)c1C)[C@@H]1O[C@H](CS(=O)(=O)C(Cc2cncnc2)P(=O)(O)O)[C@@H](O)[C@H]1O. The minimum atomic E-state index is -5.19. The minimum absolute atomic E-state index is 0.104. The van der Waals surface area contributed by atoms with E-state index >= 15 is 0 Å². The van der Waals surface area contributed by atoms with E-state index in [1.807, 2.05) is 0 Å². The Labute approximate surface area is 235 Å². The summed E-state index contributed by atoms with van der Waals surface area (Å²) >= 11 is 6.17. The zero-order chi connectivity index (χ0) is 29.2. The predicted molar refractivity (Wildman–Crippen MR) is 146 cm³/mol. The van der Waals surface area contributed by atoms with Crippen molar-refractivity contribution in [2.45, 2.75) is 74.6 Å². The number of nitrogens with one attached hydrogen (secondary N) is 1. The van der Waals surface area contributed by atoms with E-state index in [9.17, 15) is 33.0 Å². The van der Waals surface area contributed by atoms with Crippen LogP contribution in [0.4, 0.5) is 11.6 Å². The van der Waals surface area contributed by atoms with Crippen molar-refractivity contribution >= 4 is 47.4 Å². The largest absolute Gasteiger partial charge is 0.387 e. The third kappa shape index (κ3) is 6.77. The number of aliphatic hydroxyl groups excluding tert-OH is 2. The van der Waals surface area contributed by atoms with Crippen LogP contribution in [0.3, 0.4) is 0 Å². The number of hydrogen-bond acceptors (Lipinski definition) is 13. The summed E-state index contributed by atoms with van der Waals surface area (Å²) in [6.07, 6.45) is 0.706. The van der Waals surface area contributed by atoms with Gasteiger partial charge in [0.2, 0.25) is 5.28 Å². The van der Waals surface area contributed by atoms with Gasteiger partial charge in [0.05, 0.1) is 5.75 Å². The zero-order valence-electron chi connectivity index (χ0n) is 21.5. The monoisotopic (exact) mass is 619 g/mol. The molecule has 0 amide bonds. The molecule has 220 valence electrons. The van der Waals surface area contributed by atoms with Crippen LogP contribution in [0.5, 0.6) is 0 Å². The molecule has 0 aromatic carbocycles. The van der Waals surface area contributed by atoms with Gasteiger partial charge in [0.15, 0.2) is 26.9 Å². The molecule has 2 aromatic rings. The Hall–Kier alpha value is -2.30. The Bertz CT molecular complexity index is 1360. The van der Waals surface area contributed by atoms with Crippen molar-refractivity contribution in [1.29, 1.82) is 0 Å². The van der Waals surface area contributed by atoms with Crippen LogP contribution in [0.2, 0.25) is 5.28 Å². The fraction of sp³-hybridized carbons (Fsp3) is 0.591. The van der Waals surface area contributed by atoms with Crippen molar-refractivity contribution in [3.8, 4) is 0 Å². The van der Waals surface area contributed by atoms with Gasteiger partial charge in [-0.1, -0.05) is 12.8 Å². The van der Waals surface area contributed by atoms with Gasteiger partial charge in [0.1, 0.15) is 30.5 Å². The number of rotatable bonds is 11. The molecule has 1 saturated carbocycles. The van der Waals surface area contributed by atoms with Gasteiger partial charge in [-0.25, -0.2) is 28.4 Å². The Morgan fingerprint density at radius 3 is 2.48 bits per heavy atom. The zero-order valence-corrected chi connectivity index (χ0v) is 24.0. The minimum Gasteiger partial charge on any atom is -0.387 e. The summed E-state index contributed by atoms with van der Waals surface area (Å²) in [4.78, 5) is 33.5. The molecule has 18 heteroatoms. The topological polar surface area (TPSA) is 221 Å². The molecule has 4 rings (SSSR count). The van der Waals surface area contributed by atoms with Crippen molar-refractivity contribution < 1.29 is 37.7 Å². The number of hydrogen-bond donors (Lipinski definition) is 5. The molecule has 1 aliphatic heterocycles. The van der Waals surface area contributed by atoms with Gasteiger partial charge in [-0.2, -0.15) is 10.1 Å². The molecule has 1 saturated heterocycles. The summed E-state index contributed by atoms with van der Waals surface area (Å²) in [6, 6.07) is 0.191. The molecule has 0 bridgehead atoms. The van der Waals surface area contributed by atoms with Gasteiger partial charge in [-0.3, -0.25) is 4.57 Å². The lowest BCUT2D eigenvalue weighted by atomic mass is 10.1. The van der Waals surface area contributed by atoms with Gasteiger partial charge in [-0.05, 0) is 36.9 Å².